The number of nitrogens with zero attached hydrogens (tertiary/aromatic N) is 3. The highest BCUT2D eigenvalue weighted by molar-refractivity contribution is 7.90. The molecule has 0 spiro atoms. The molecule has 180 valence electrons. The molecule has 0 bridgehead atoms. The van der Waals surface area contributed by atoms with Gasteiger partial charge in [0, 0.05) is 16.6 Å². The largest absolute Gasteiger partial charge is 0.467 e. The summed E-state index contributed by atoms with van der Waals surface area (Å²) < 4.78 is 31.3. The Morgan fingerprint density at radius 2 is 1.51 bits per heavy atom. The topological polar surface area (TPSA) is 93.4 Å². The molecule has 35 heavy (non-hydrogen) atoms. The molecule has 0 saturated heterocycles. The molecule has 0 atom stereocenters. The molecule has 1 amide bonds. The van der Waals surface area contributed by atoms with E-state index in [1.807, 2.05) is 0 Å². The van der Waals surface area contributed by atoms with Crippen molar-refractivity contribution in [2.45, 2.75) is 24.0 Å². The van der Waals surface area contributed by atoms with Gasteiger partial charge in [0.25, 0.3) is 5.91 Å². The average molecular weight is 551 g/mol. The van der Waals surface area contributed by atoms with Crippen LogP contribution in [0.25, 0.3) is 0 Å². The number of carbonyl (C=O) groups excluding carboxylic acids is 1. The van der Waals surface area contributed by atoms with Crippen LogP contribution in [-0.4, -0.2) is 29.2 Å². The Balaban J connectivity index is 1.65. The Labute approximate surface area is 217 Å². The van der Waals surface area contributed by atoms with Gasteiger partial charge in [-0.2, -0.15) is 0 Å². The van der Waals surface area contributed by atoms with Crippen LogP contribution in [0.1, 0.15) is 27.4 Å². The predicted octanol–water partition coefficient (Wildman–Crippen LogP) is 5.85. The lowest BCUT2D eigenvalue weighted by Crippen LogP contribution is -2.31. The number of rotatable bonds is 8. The number of amides is 1. The van der Waals surface area contributed by atoms with Crippen molar-refractivity contribution in [3.8, 4) is 0 Å². The third-order valence-electron chi connectivity index (χ3n) is 4.97. The molecule has 4 aromatic rings. The summed E-state index contributed by atoms with van der Waals surface area (Å²) in [6.45, 7) is 0.297. The number of sulfone groups is 1. The van der Waals surface area contributed by atoms with Crippen LogP contribution >= 0.6 is 34.8 Å². The fourth-order valence-corrected chi connectivity index (χ4v) is 4.89. The first-order chi connectivity index (χ1) is 16.7. The molecule has 0 fully saturated rings. The summed E-state index contributed by atoms with van der Waals surface area (Å²) in [5, 5.41) is 0.483. The average Bonchev–Trinajstić information content (AvgIpc) is 3.34. The molecule has 7 nitrogen and oxygen atoms in total. The van der Waals surface area contributed by atoms with E-state index in [4.69, 9.17) is 39.2 Å². The first-order valence-electron chi connectivity index (χ1n) is 10.3. The van der Waals surface area contributed by atoms with Crippen molar-refractivity contribution < 1.29 is 17.6 Å². The van der Waals surface area contributed by atoms with E-state index in [9.17, 15) is 13.2 Å². The highest BCUT2D eigenvalue weighted by Crippen LogP contribution is 2.22. The van der Waals surface area contributed by atoms with E-state index in [2.05, 4.69) is 9.97 Å². The van der Waals surface area contributed by atoms with Gasteiger partial charge in [-0.05, 0) is 47.5 Å². The lowest BCUT2D eigenvalue weighted by atomic mass is 10.2. The van der Waals surface area contributed by atoms with Crippen molar-refractivity contribution in [1.82, 2.24) is 14.9 Å². The Morgan fingerprint density at radius 1 is 0.886 bits per heavy atom. The molecule has 0 aliphatic rings. The maximum absolute atomic E-state index is 13.5. The maximum Gasteiger partial charge on any atom is 0.274 e. The molecule has 2 aromatic heterocycles. The van der Waals surface area contributed by atoms with Crippen LogP contribution in [0.3, 0.4) is 0 Å². The fourth-order valence-electron chi connectivity index (χ4n) is 3.27. The van der Waals surface area contributed by atoms with Crippen molar-refractivity contribution in [3.63, 3.8) is 0 Å². The maximum atomic E-state index is 13.5. The third kappa shape index (κ3) is 6.41. The first-order valence-corrected chi connectivity index (χ1v) is 13.1. The first kappa shape index (κ1) is 25.2. The molecule has 0 aliphatic heterocycles. The van der Waals surface area contributed by atoms with E-state index in [1.54, 1.807) is 60.7 Å². The van der Waals surface area contributed by atoms with Gasteiger partial charge < -0.3 is 9.32 Å². The molecule has 0 radical (unpaired) electrons. The van der Waals surface area contributed by atoms with Gasteiger partial charge >= 0.3 is 0 Å². The van der Waals surface area contributed by atoms with E-state index in [1.165, 1.54) is 11.2 Å². The third-order valence-corrected chi connectivity index (χ3v) is 7.22. The summed E-state index contributed by atoms with van der Waals surface area (Å²) in [7, 11) is -3.97. The molecule has 0 N–H and O–H groups in total. The van der Waals surface area contributed by atoms with Crippen molar-refractivity contribution in [2.24, 2.45) is 0 Å². The molecule has 2 aromatic carbocycles. The highest BCUT2D eigenvalue weighted by Gasteiger charge is 2.26. The number of halogens is 3. The van der Waals surface area contributed by atoms with Gasteiger partial charge in [-0.25, -0.2) is 18.4 Å². The van der Waals surface area contributed by atoms with Crippen molar-refractivity contribution in [3.05, 3.63) is 111 Å². The minimum atomic E-state index is -3.97. The molecular weight excluding hydrogens is 533 g/mol. The van der Waals surface area contributed by atoms with Gasteiger partial charge in [0.05, 0.1) is 29.8 Å². The quantitative estimate of drug-likeness (QED) is 0.256. The van der Waals surface area contributed by atoms with Gasteiger partial charge in [0.2, 0.25) is 15.0 Å². The minimum absolute atomic E-state index is 0.0685. The Morgan fingerprint density at radius 3 is 2.11 bits per heavy atom. The molecule has 0 saturated carbocycles. The summed E-state index contributed by atoms with van der Waals surface area (Å²) >= 11 is 18.1. The lowest BCUT2D eigenvalue weighted by molar-refractivity contribution is 0.0710. The van der Waals surface area contributed by atoms with Crippen LogP contribution in [0.4, 0.5) is 0 Å². The van der Waals surface area contributed by atoms with E-state index in [0.29, 0.717) is 21.4 Å². The predicted molar refractivity (Wildman–Crippen MR) is 133 cm³/mol. The Kier molecular flexibility index (Phi) is 7.76. The van der Waals surface area contributed by atoms with Crippen LogP contribution in [0.15, 0.2) is 82.7 Å². The Hall–Kier alpha value is -2.91. The molecular formula is C24H18Cl3N3O4S. The fraction of sp³-hybridized carbons (Fsp3) is 0.125. The minimum Gasteiger partial charge on any atom is -0.467 e. The van der Waals surface area contributed by atoms with Crippen molar-refractivity contribution in [1.29, 1.82) is 0 Å². The number of benzene rings is 2. The zero-order chi connectivity index (χ0) is 25.0. The number of hydrogen-bond acceptors (Lipinski definition) is 6. The van der Waals surface area contributed by atoms with Crippen molar-refractivity contribution >= 4 is 50.5 Å². The smallest absolute Gasteiger partial charge is 0.274 e. The van der Waals surface area contributed by atoms with E-state index in [-0.39, 0.29) is 29.6 Å². The van der Waals surface area contributed by atoms with Gasteiger partial charge in [0.1, 0.15) is 5.76 Å². The molecule has 4 rings (SSSR count). The second-order valence-corrected chi connectivity index (χ2v) is 10.8. The van der Waals surface area contributed by atoms with Gasteiger partial charge in [-0.15, -0.1) is 0 Å². The molecule has 0 unspecified atom stereocenters. The monoisotopic (exact) mass is 549 g/mol. The zero-order valence-corrected chi connectivity index (χ0v) is 21.2. The number of carbonyl (C=O) groups is 1. The second-order valence-electron chi connectivity index (χ2n) is 7.60. The molecule has 2 heterocycles. The summed E-state index contributed by atoms with van der Waals surface area (Å²) in [5.74, 6) is -0.403. The normalized spacial score (nSPS) is 11.4. The van der Waals surface area contributed by atoms with Crippen LogP contribution in [0.2, 0.25) is 15.1 Å². The summed E-state index contributed by atoms with van der Waals surface area (Å²) in [4.78, 5) is 22.9. The molecule has 11 heteroatoms. The number of aromatic nitrogens is 2. The van der Waals surface area contributed by atoms with Crippen molar-refractivity contribution in [2.75, 3.05) is 0 Å². The van der Waals surface area contributed by atoms with E-state index < -0.39 is 20.9 Å². The summed E-state index contributed by atoms with van der Waals surface area (Å²) in [6.07, 6.45) is 2.61. The van der Waals surface area contributed by atoms with E-state index in [0.717, 1.165) is 11.8 Å². The van der Waals surface area contributed by atoms with E-state index >= 15 is 0 Å². The summed E-state index contributed by atoms with van der Waals surface area (Å²) in [5.41, 5.74) is 1.08. The van der Waals surface area contributed by atoms with Crippen LogP contribution in [0.5, 0.6) is 0 Å². The van der Waals surface area contributed by atoms with Gasteiger partial charge in [0.15, 0.2) is 5.69 Å². The summed E-state index contributed by atoms with van der Waals surface area (Å²) in [6, 6.07) is 16.8. The van der Waals surface area contributed by atoms with Gasteiger partial charge in [-0.1, -0.05) is 59.1 Å². The number of furan rings is 1. The van der Waals surface area contributed by atoms with Crippen LogP contribution in [-0.2, 0) is 28.7 Å². The number of hydrogen-bond donors (Lipinski definition) is 0. The highest BCUT2D eigenvalue weighted by atomic mass is 35.5. The van der Waals surface area contributed by atoms with Gasteiger partial charge in [-0.3, -0.25) is 4.79 Å². The Bertz CT molecular complexity index is 1430. The second kappa shape index (κ2) is 10.8. The standard InChI is InChI=1S/C24H18Cl3N3O4S/c25-18-7-3-16(4-8-18)13-30(14-20-2-1-11-34-20)23(31)22-21(27)12-28-24(29-22)35(32,33)15-17-5-9-19(26)10-6-17/h1-12H,13-15H2. The zero-order valence-electron chi connectivity index (χ0n) is 18.1. The lowest BCUT2D eigenvalue weighted by Gasteiger charge is -2.22. The van der Waals surface area contributed by atoms with Crippen LogP contribution < -0.4 is 0 Å². The van der Waals surface area contributed by atoms with Crippen LogP contribution in [0, 0.1) is 0 Å². The SMILES string of the molecule is O=C(c1nc(S(=O)(=O)Cc2ccc(Cl)cc2)ncc1Cl)N(Cc1ccc(Cl)cc1)Cc1ccco1. The molecule has 0 aliphatic carbocycles.